The van der Waals surface area contributed by atoms with E-state index in [0.29, 0.717) is 24.1 Å². The van der Waals surface area contributed by atoms with Crippen LogP contribution in [-0.2, 0) is 20.6 Å². The van der Waals surface area contributed by atoms with E-state index in [1.165, 1.54) is 11.6 Å². The Morgan fingerprint density at radius 3 is 2.71 bits per heavy atom. The molecule has 9 nitrogen and oxygen atoms in total. The first kappa shape index (κ1) is 14.8. The van der Waals surface area contributed by atoms with E-state index in [0.717, 1.165) is 17.4 Å². The number of hydrogen-bond acceptors (Lipinski definition) is 5. The van der Waals surface area contributed by atoms with Crippen LogP contribution in [0.2, 0.25) is 0 Å². The standard InChI is InChI=1S/C12H18N6O3/c1-16-10-9(11(19)17(2)12(16)20)18(7-14-10)6-4-3-5-8(13)15-21/h7,21H,3-6H2,1-2H3,(H2,13,15). The Morgan fingerprint density at radius 1 is 1.33 bits per heavy atom. The van der Waals surface area contributed by atoms with Gasteiger partial charge in [-0.2, -0.15) is 0 Å². The second-order valence-corrected chi connectivity index (χ2v) is 4.86. The molecular formula is C12H18N6O3. The van der Waals surface area contributed by atoms with Crippen molar-refractivity contribution < 1.29 is 5.21 Å². The van der Waals surface area contributed by atoms with Crippen LogP contribution in [0.5, 0.6) is 0 Å². The molecule has 0 aliphatic rings. The Bertz CT molecular complexity index is 798. The van der Waals surface area contributed by atoms with E-state index in [2.05, 4.69) is 10.1 Å². The number of unbranched alkanes of at least 4 members (excludes halogenated alkanes) is 1. The van der Waals surface area contributed by atoms with Crippen molar-refractivity contribution in [3.05, 3.63) is 27.2 Å². The molecule has 2 aromatic heterocycles. The molecule has 0 atom stereocenters. The molecule has 0 radical (unpaired) electrons. The summed E-state index contributed by atoms with van der Waals surface area (Å²) in [5.74, 6) is 0.184. The average Bonchev–Trinajstić information content (AvgIpc) is 2.91. The summed E-state index contributed by atoms with van der Waals surface area (Å²) >= 11 is 0. The fraction of sp³-hybridized carbons (Fsp3) is 0.500. The molecular weight excluding hydrogens is 276 g/mol. The fourth-order valence-corrected chi connectivity index (χ4v) is 2.20. The number of rotatable bonds is 5. The van der Waals surface area contributed by atoms with Gasteiger partial charge in [0.25, 0.3) is 5.56 Å². The van der Waals surface area contributed by atoms with E-state index < -0.39 is 5.69 Å². The summed E-state index contributed by atoms with van der Waals surface area (Å²) in [6.45, 7) is 0.572. The molecule has 0 aliphatic carbocycles. The highest BCUT2D eigenvalue weighted by Crippen LogP contribution is 2.07. The monoisotopic (exact) mass is 294 g/mol. The molecule has 0 bridgehead atoms. The number of hydrogen-bond donors (Lipinski definition) is 2. The third-order valence-corrected chi connectivity index (χ3v) is 3.43. The molecule has 21 heavy (non-hydrogen) atoms. The smallest absolute Gasteiger partial charge is 0.332 e. The van der Waals surface area contributed by atoms with Gasteiger partial charge in [-0.25, -0.2) is 9.78 Å². The molecule has 0 aromatic carbocycles. The quantitative estimate of drug-likeness (QED) is 0.249. The zero-order chi connectivity index (χ0) is 15.6. The van der Waals surface area contributed by atoms with Gasteiger partial charge in [-0.05, 0) is 12.8 Å². The minimum absolute atomic E-state index is 0.184. The van der Waals surface area contributed by atoms with E-state index in [-0.39, 0.29) is 11.4 Å². The summed E-state index contributed by atoms with van der Waals surface area (Å²) in [4.78, 5) is 28.1. The third-order valence-electron chi connectivity index (χ3n) is 3.43. The number of nitrogens with zero attached hydrogens (tertiary/aromatic N) is 5. The Balaban J connectivity index is 2.27. The van der Waals surface area contributed by atoms with Gasteiger partial charge in [-0.15, -0.1) is 0 Å². The van der Waals surface area contributed by atoms with E-state index >= 15 is 0 Å². The summed E-state index contributed by atoms with van der Waals surface area (Å²) in [5, 5.41) is 11.4. The van der Waals surface area contributed by atoms with Crippen molar-refractivity contribution in [2.24, 2.45) is 25.0 Å². The van der Waals surface area contributed by atoms with Gasteiger partial charge in [0, 0.05) is 27.1 Å². The van der Waals surface area contributed by atoms with Crippen molar-refractivity contribution in [2.75, 3.05) is 0 Å². The molecule has 0 fully saturated rings. The van der Waals surface area contributed by atoms with E-state index in [9.17, 15) is 9.59 Å². The van der Waals surface area contributed by atoms with Crippen molar-refractivity contribution in [1.82, 2.24) is 18.7 Å². The molecule has 3 N–H and O–H groups in total. The van der Waals surface area contributed by atoms with E-state index in [1.54, 1.807) is 17.9 Å². The molecule has 2 heterocycles. The van der Waals surface area contributed by atoms with Crippen LogP contribution < -0.4 is 17.0 Å². The first-order chi connectivity index (χ1) is 9.97. The van der Waals surface area contributed by atoms with E-state index in [1.807, 2.05) is 0 Å². The van der Waals surface area contributed by atoms with Crippen LogP contribution in [0.25, 0.3) is 11.2 Å². The second kappa shape index (κ2) is 5.81. The highest BCUT2D eigenvalue weighted by Gasteiger charge is 2.13. The van der Waals surface area contributed by atoms with E-state index in [4.69, 9.17) is 10.9 Å². The second-order valence-electron chi connectivity index (χ2n) is 4.86. The number of aromatic nitrogens is 4. The number of amidine groups is 1. The summed E-state index contributed by atoms with van der Waals surface area (Å²) in [6, 6.07) is 0. The number of imidazole rings is 1. The van der Waals surface area contributed by atoms with Crippen LogP contribution in [0.3, 0.4) is 0 Å². The summed E-state index contributed by atoms with van der Waals surface area (Å²) in [6.07, 6.45) is 3.50. The van der Waals surface area contributed by atoms with Crippen LogP contribution in [0.15, 0.2) is 21.1 Å². The van der Waals surface area contributed by atoms with Gasteiger partial charge < -0.3 is 15.5 Å². The third kappa shape index (κ3) is 2.67. The van der Waals surface area contributed by atoms with Gasteiger partial charge in [0.15, 0.2) is 11.2 Å². The summed E-state index contributed by atoms with van der Waals surface area (Å²) < 4.78 is 4.14. The van der Waals surface area contributed by atoms with Crippen molar-refractivity contribution in [2.45, 2.75) is 25.8 Å². The fourth-order valence-electron chi connectivity index (χ4n) is 2.20. The van der Waals surface area contributed by atoms with Gasteiger partial charge in [0.05, 0.1) is 6.33 Å². The van der Waals surface area contributed by atoms with Gasteiger partial charge in [0.1, 0.15) is 5.84 Å². The lowest BCUT2D eigenvalue weighted by atomic mass is 10.2. The number of nitrogens with two attached hydrogens (primary N) is 1. The lowest BCUT2D eigenvalue weighted by molar-refractivity contribution is 0.316. The van der Waals surface area contributed by atoms with Gasteiger partial charge in [-0.1, -0.05) is 5.16 Å². The molecule has 9 heteroatoms. The minimum Gasteiger partial charge on any atom is -0.409 e. The first-order valence-corrected chi connectivity index (χ1v) is 6.54. The molecule has 2 aromatic rings. The van der Waals surface area contributed by atoms with Crippen molar-refractivity contribution in [1.29, 1.82) is 0 Å². The highest BCUT2D eigenvalue weighted by atomic mass is 16.4. The molecule has 114 valence electrons. The van der Waals surface area contributed by atoms with Crippen LogP contribution >= 0.6 is 0 Å². The predicted molar refractivity (Wildman–Crippen MR) is 77.5 cm³/mol. The van der Waals surface area contributed by atoms with Gasteiger partial charge >= 0.3 is 5.69 Å². The SMILES string of the molecule is Cn1c(=O)c2c(ncn2CCCCC(N)=NO)n(C)c1=O. The van der Waals surface area contributed by atoms with Crippen molar-refractivity contribution in [3.8, 4) is 0 Å². The molecule has 0 aliphatic heterocycles. The molecule has 0 saturated carbocycles. The predicted octanol–water partition coefficient (Wildman–Crippen LogP) is -0.650. The van der Waals surface area contributed by atoms with Gasteiger partial charge in [-0.3, -0.25) is 13.9 Å². The first-order valence-electron chi connectivity index (χ1n) is 6.54. The minimum atomic E-state index is -0.398. The Hall–Kier alpha value is -2.58. The maximum atomic E-state index is 12.2. The maximum absolute atomic E-state index is 12.2. The Labute approximate surface area is 119 Å². The Morgan fingerprint density at radius 2 is 2.05 bits per heavy atom. The molecule has 2 rings (SSSR count). The van der Waals surface area contributed by atoms with Crippen molar-refractivity contribution in [3.63, 3.8) is 0 Å². The van der Waals surface area contributed by atoms with Crippen molar-refractivity contribution >= 4 is 17.0 Å². The lowest BCUT2D eigenvalue weighted by Gasteiger charge is -2.06. The number of aryl methyl sites for hydroxylation is 2. The summed E-state index contributed by atoms with van der Waals surface area (Å²) in [5.41, 5.74) is 5.42. The molecule has 0 amide bonds. The van der Waals surface area contributed by atoms with Crippen LogP contribution in [0.4, 0.5) is 0 Å². The molecule has 0 saturated heterocycles. The van der Waals surface area contributed by atoms with Crippen LogP contribution in [0, 0.1) is 0 Å². The molecule has 0 unspecified atom stereocenters. The lowest BCUT2D eigenvalue weighted by Crippen LogP contribution is -2.37. The number of oxime groups is 1. The zero-order valence-electron chi connectivity index (χ0n) is 12.0. The normalized spacial score (nSPS) is 12.2. The average molecular weight is 294 g/mol. The van der Waals surface area contributed by atoms with Crippen LogP contribution in [0.1, 0.15) is 19.3 Å². The Kier molecular flexibility index (Phi) is 4.10. The largest absolute Gasteiger partial charge is 0.409 e. The number of fused-ring (bicyclic) bond motifs is 1. The molecule has 0 spiro atoms. The zero-order valence-corrected chi connectivity index (χ0v) is 12.0. The maximum Gasteiger partial charge on any atom is 0.332 e. The summed E-state index contributed by atoms with van der Waals surface area (Å²) in [7, 11) is 3.03. The topological polar surface area (TPSA) is 120 Å². The van der Waals surface area contributed by atoms with Crippen LogP contribution in [-0.4, -0.2) is 29.7 Å². The highest BCUT2D eigenvalue weighted by molar-refractivity contribution is 5.79. The van der Waals surface area contributed by atoms with Gasteiger partial charge in [0.2, 0.25) is 0 Å².